The van der Waals surface area contributed by atoms with E-state index < -0.39 is 0 Å². The number of hydrogen-bond acceptors (Lipinski definition) is 7. The van der Waals surface area contributed by atoms with Crippen LogP contribution in [0.1, 0.15) is 69.7 Å². The molecule has 3 heterocycles. The van der Waals surface area contributed by atoms with Crippen molar-refractivity contribution >= 4 is 22.9 Å². The predicted octanol–water partition coefficient (Wildman–Crippen LogP) is 3.39. The first-order chi connectivity index (χ1) is 15.3. The highest BCUT2D eigenvalue weighted by molar-refractivity contribution is 5.84. The largest absolute Gasteiger partial charge is 0.368 e. The van der Waals surface area contributed by atoms with E-state index >= 15 is 0 Å². The Labute approximate surface area is 182 Å². The van der Waals surface area contributed by atoms with Crippen molar-refractivity contribution in [3.8, 4) is 0 Å². The van der Waals surface area contributed by atoms with E-state index in [2.05, 4.69) is 25.2 Å². The molecular formula is C22H33N9. The summed E-state index contributed by atoms with van der Waals surface area (Å²) < 4.78 is 2.26. The Morgan fingerprint density at radius 1 is 1.06 bits per heavy atom. The molecule has 0 aromatic carbocycles. The topological polar surface area (TPSA) is 122 Å². The highest BCUT2D eigenvalue weighted by Gasteiger charge is 2.23. The molecule has 9 nitrogen and oxygen atoms in total. The van der Waals surface area contributed by atoms with E-state index in [4.69, 9.17) is 20.7 Å². The van der Waals surface area contributed by atoms with Gasteiger partial charge in [-0.15, -0.1) is 0 Å². The van der Waals surface area contributed by atoms with E-state index in [1.807, 2.05) is 12.5 Å². The number of H-pyrrole nitrogens is 1. The van der Waals surface area contributed by atoms with E-state index in [1.54, 1.807) is 6.20 Å². The van der Waals surface area contributed by atoms with Crippen LogP contribution in [0, 0.1) is 0 Å². The Morgan fingerprint density at radius 3 is 2.68 bits per heavy atom. The summed E-state index contributed by atoms with van der Waals surface area (Å²) in [5.74, 6) is 2.52. The lowest BCUT2D eigenvalue weighted by molar-refractivity contribution is 0.410. The van der Waals surface area contributed by atoms with Crippen LogP contribution < -0.4 is 16.4 Å². The predicted molar refractivity (Wildman–Crippen MR) is 122 cm³/mol. The Bertz CT molecular complexity index is 966. The van der Waals surface area contributed by atoms with Gasteiger partial charge in [0.2, 0.25) is 5.95 Å². The summed E-state index contributed by atoms with van der Waals surface area (Å²) in [7, 11) is 0. The molecule has 166 valence electrons. The minimum atomic E-state index is 0.330. The number of imidazole rings is 2. The van der Waals surface area contributed by atoms with Crippen molar-refractivity contribution in [2.45, 2.75) is 82.3 Å². The van der Waals surface area contributed by atoms with E-state index in [0.29, 0.717) is 24.1 Å². The Hall–Kier alpha value is -2.68. The molecule has 0 saturated heterocycles. The molecule has 0 atom stereocenters. The number of aromatic nitrogens is 6. The summed E-state index contributed by atoms with van der Waals surface area (Å²) in [5, 5.41) is 7.09. The Morgan fingerprint density at radius 2 is 1.90 bits per heavy atom. The Kier molecular flexibility index (Phi) is 6.01. The highest BCUT2D eigenvalue weighted by atomic mass is 15.2. The zero-order chi connectivity index (χ0) is 21.0. The van der Waals surface area contributed by atoms with Crippen LogP contribution in [0.15, 0.2) is 18.7 Å². The van der Waals surface area contributed by atoms with Crippen LogP contribution in [0.25, 0.3) is 11.2 Å². The van der Waals surface area contributed by atoms with Gasteiger partial charge in [0.05, 0.1) is 6.33 Å². The van der Waals surface area contributed by atoms with Crippen LogP contribution in [-0.2, 0) is 6.42 Å². The second kappa shape index (κ2) is 9.21. The maximum absolute atomic E-state index is 6.08. The first-order valence-electron chi connectivity index (χ1n) is 11.7. The summed E-state index contributed by atoms with van der Waals surface area (Å²) >= 11 is 0. The van der Waals surface area contributed by atoms with Crippen molar-refractivity contribution in [2.75, 3.05) is 17.2 Å². The molecule has 0 aliphatic heterocycles. The van der Waals surface area contributed by atoms with Gasteiger partial charge >= 0.3 is 0 Å². The lowest BCUT2D eigenvalue weighted by atomic mass is 9.92. The van der Waals surface area contributed by atoms with Crippen molar-refractivity contribution in [2.24, 2.45) is 5.73 Å². The van der Waals surface area contributed by atoms with Crippen LogP contribution in [0.5, 0.6) is 0 Å². The van der Waals surface area contributed by atoms with Gasteiger partial charge in [-0.2, -0.15) is 9.97 Å². The molecule has 31 heavy (non-hydrogen) atoms. The number of fused-ring (bicyclic) bond motifs is 1. The SMILES string of the molecule is N[C@H]1CC[C@H](Nc2nc(NCCCc3ncc[nH]3)c3ncn(C4CCCC4)c3n2)CC1. The molecule has 9 heteroatoms. The molecule has 2 fully saturated rings. The fourth-order valence-electron chi connectivity index (χ4n) is 4.90. The third-order valence-electron chi connectivity index (χ3n) is 6.68. The van der Waals surface area contributed by atoms with Crippen LogP contribution in [-0.4, -0.2) is 48.1 Å². The lowest BCUT2D eigenvalue weighted by Gasteiger charge is -2.27. The molecule has 3 aromatic rings. The molecule has 3 aromatic heterocycles. The fraction of sp³-hybridized carbons (Fsp3) is 0.636. The number of aromatic amines is 1. The molecule has 0 unspecified atom stereocenters. The van der Waals surface area contributed by atoms with E-state index in [0.717, 1.165) is 67.9 Å². The number of rotatable bonds is 8. The zero-order valence-electron chi connectivity index (χ0n) is 18.1. The monoisotopic (exact) mass is 423 g/mol. The third kappa shape index (κ3) is 4.66. The molecular weight excluding hydrogens is 390 g/mol. The summed E-state index contributed by atoms with van der Waals surface area (Å²) in [4.78, 5) is 21.9. The van der Waals surface area contributed by atoms with E-state index in [-0.39, 0.29) is 0 Å². The average molecular weight is 424 g/mol. The number of nitrogens with two attached hydrogens (primary N) is 1. The van der Waals surface area contributed by atoms with Crippen LogP contribution in [0.4, 0.5) is 11.8 Å². The second-order valence-electron chi connectivity index (χ2n) is 8.98. The molecule has 0 bridgehead atoms. The standard InChI is InChI=1S/C22H33N9/c23-15-7-9-16(10-8-15)28-22-29-20(26-11-3-6-18-24-12-13-25-18)19-21(30-22)31(14-27-19)17-4-1-2-5-17/h12-17H,1-11,23H2,(H,24,25)(H2,26,28,29,30)/t15-,16-. The van der Waals surface area contributed by atoms with Gasteiger partial charge in [0.1, 0.15) is 5.82 Å². The van der Waals surface area contributed by atoms with Gasteiger partial charge in [-0.05, 0) is 44.9 Å². The van der Waals surface area contributed by atoms with Gasteiger partial charge in [-0.25, -0.2) is 9.97 Å². The van der Waals surface area contributed by atoms with Gasteiger partial charge in [0.25, 0.3) is 0 Å². The van der Waals surface area contributed by atoms with Gasteiger partial charge in [0, 0.05) is 43.5 Å². The maximum Gasteiger partial charge on any atom is 0.227 e. The van der Waals surface area contributed by atoms with Gasteiger partial charge in [-0.1, -0.05) is 12.8 Å². The van der Waals surface area contributed by atoms with Crippen molar-refractivity contribution < 1.29 is 0 Å². The molecule has 5 N–H and O–H groups in total. The van der Waals surface area contributed by atoms with E-state index in [1.165, 1.54) is 25.7 Å². The second-order valence-corrected chi connectivity index (χ2v) is 8.98. The summed E-state index contributed by atoms with van der Waals surface area (Å²) in [6, 6.07) is 1.20. The molecule has 0 radical (unpaired) electrons. The summed E-state index contributed by atoms with van der Waals surface area (Å²) in [6.45, 7) is 0.806. The minimum absolute atomic E-state index is 0.330. The molecule has 0 amide bonds. The summed E-state index contributed by atoms with van der Waals surface area (Å²) in [6.07, 6.45) is 16.7. The van der Waals surface area contributed by atoms with Crippen molar-refractivity contribution in [1.82, 2.24) is 29.5 Å². The third-order valence-corrected chi connectivity index (χ3v) is 6.68. The lowest BCUT2D eigenvalue weighted by Crippen LogP contribution is -2.33. The van der Waals surface area contributed by atoms with Crippen LogP contribution in [0.2, 0.25) is 0 Å². The molecule has 2 aliphatic carbocycles. The number of nitrogens with zero attached hydrogens (tertiary/aromatic N) is 5. The number of hydrogen-bond donors (Lipinski definition) is 4. The smallest absolute Gasteiger partial charge is 0.227 e. The average Bonchev–Trinajstić information content (AvgIpc) is 3.54. The van der Waals surface area contributed by atoms with Crippen molar-refractivity contribution in [1.29, 1.82) is 0 Å². The molecule has 5 rings (SSSR count). The molecule has 0 spiro atoms. The van der Waals surface area contributed by atoms with Gasteiger partial charge in [0.15, 0.2) is 17.0 Å². The first kappa shape index (κ1) is 20.2. The summed E-state index contributed by atoms with van der Waals surface area (Å²) in [5.41, 5.74) is 7.88. The first-order valence-corrected chi connectivity index (χ1v) is 11.7. The molecule has 2 aliphatic rings. The normalized spacial score (nSPS) is 22.2. The van der Waals surface area contributed by atoms with Crippen molar-refractivity contribution in [3.05, 3.63) is 24.5 Å². The van der Waals surface area contributed by atoms with Crippen LogP contribution in [0.3, 0.4) is 0 Å². The quantitative estimate of drug-likeness (QED) is 0.410. The van der Waals surface area contributed by atoms with Crippen LogP contribution >= 0.6 is 0 Å². The maximum atomic E-state index is 6.08. The zero-order valence-corrected chi connectivity index (χ0v) is 18.1. The number of anilines is 2. The van der Waals surface area contributed by atoms with Crippen molar-refractivity contribution in [3.63, 3.8) is 0 Å². The van der Waals surface area contributed by atoms with Gasteiger partial charge < -0.3 is 25.9 Å². The van der Waals surface area contributed by atoms with E-state index in [9.17, 15) is 0 Å². The number of aryl methyl sites for hydroxylation is 1. The minimum Gasteiger partial charge on any atom is -0.368 e. The molecule has 2 saturated carbocycles. The Balaban J connectivity index is 1.35. The highest BCUT2D eigenvalue weighted by Crippen LogP contribution is 2.33. The van der Waals surface area contributed by atoms with Gasteiger partial charge in [-0.3, -0.25) is 0 Å². The fourth-order valence-corrected chi connectivity index (χ4v) is 4.90. The number of nitrogens with one attached hydrogen (secondary N) is 3.